The summed E-state index contributed by atoms with van der Waals surface area (Å²) < 4.78 is 5.98. The number of ketones is 1. The molecular weight excluding hydrogens is 456 g/mol. The van der Waals surface area contributed by atoms with Crippen LogP contribution in [0.1, 0.15) is 46.6 Å². The standard InChI is InChI=1S/C30H36O6/c1-6-20(18-10-8-7-9-11-18)27(34)36-26-16(2)14-29-17(3)12-22-23(28(22,4)5)21(25(29)33)13-19(15-31)24(32)30(26,29)35/h6-11,13-14,17,21-24,26,31-32,35H,12,15H2,1-5H3/t17-,21+,22-,23+,24-,26+,29+,30+/m1/s1. The lowest BCUT2D eigenvalue weighted by atomic mass is 9.59. The second-order valence-electron chi connectivity index (χ2n) is 11.7. The molecule has 0 radical (unpaired) electrons. The summed E-state index contributed by atoms with van der Waals surface area (Å²) in [5.41, 5.74) is -1.89. The van der Waals surface area contributed by atoms with Crippen LogP contribution >= 0.6 is 0 Å². The monoisotopic (exact) mass is 492 g/mol. The number of carbonyl (C=O) groups excluding carboxylic acids is 2. The van der Waals surface area contributed by atoms with Gasteiger partial charge in [0.25, 0.3) is 0 Å². The minimum absolute atomic E-state index is 0.0413. The lowest BCUT2D eigenvalue weighted by Gasteiger charge is -2.48. The quantitative estimate of drug-likeness (QED) is 0.338. The van der Waals surface area contributed by atoms with Crippen LogP contribution in [0.5, 0.6) is 0 Å². The first kappa shape index (κ1) is 25.1. The Morgan fingerprint density at radius 3 is 2.50 bits per heavy atom. The van der Waals surface area contributed by atoms with E-state index in [1.807, 2.05) is 25.1 Å². The fraction of sp³-hybridized carbons (Fsp3) is 0.533. The Bertz CT molecular complexity index is 1190. The molecular formula is C30H36O6. The van der Waals surface area contributed by atoms with Crippen LogP contribution in [-0.4, -0.2) is 51.5 Å². The number of esters is 1. The summed E-state index contributed by atoms with van der Waals surface area (Å²) in [5.74, 6) is -1.28. The van der Waals surface area contributed by atoms with E-state index in [0.29, 0.717) is 29.0 Å². The Kier molecular flexibility index (Phi) is 5.75. The summed E-state index contributed by atoms with van der Waals surface area (Å²) in [4.78, 5) is 27.8. The van der Waals surface area contributed by atoms with Gasteiger partial charge in [0.15, 0.2) is 17.5 Å². The lowest BCUT2D eigenvalue weighted by Crippen LogP contribution is -2.65. The molecule has 0 unspecified atom stereocenters. The highest BCUT2D eigenvalue weighted by atomic mass is 16.6. The van der Waals surface area contributed by atoms with Gasteiger partial charge in [0.05, 0.1) is 17.6 Å². The highest BCUT2D eigenvalue weighted by Gasteiger charge is 2.76. The van der Waals surface area contributed by atoms with Crippen LogP contribution < -0.4 is 0 Å². The predicted octanol–water partition coefficient (Wildman–Crippen LogP) is 3.47. The normalized spacial score (nSPS) is 40.8. The molecule has 5 rings (SSSR count). The van der Waals surface area contributed by atoms with E-state index >= 15 is 0 Å². The fourth-order valence-corrected chi connectivity index (χ4v) is 7.78. The second-order valence-corrected chi connectivity index (χ2v) is 11.7. The summed E-state index contributed by atoms with van der Waals surface area (Å²) in [6, 6.07) is 9.09. The fourth-order valence-electron chi connectivity index (χ4n) is 7.78. The van der Waals surface area contributed by atoms with Crippen molar-refractivity contribution in [2.75, 3.05) is 6.61 Å². The number of ether oxygens (including phenoxy) is 1. The smallest absolute Gasteiger partial charge is 0.339 e. The van der Waals surface area contributed by atoms with Crippen LogP contribution in [-0.2, 0) is 14.3 Å². The zero-order chi connectivity index (χ0) is 26.2. The molecule has 2 bridgehead atoms. The Morgan fingerprint density at radius 2 is 1.89 bits per heavy atom. The summed E-state index contributed by atoms with van der Waals surface area (Å²) >= 11 is 0. The second kappa shape index (κ2) is 8.23. The highest BCUT2D eigenvalue weighted by Crippen LogP contribution is 2.71. The molecule has 0 aromatic heterocycles. The number of carbonyl (C=O) groups is 2. The number of hydrogen-bond donors (Lipinski definition) is 3. The number of rotatable bonds is 4. The van der Waals surface area contributed by atoms with E-state index in [-0.39, 0.29) is 28.6 Å². The zero-order valence-corrected chi connectivity index (χ0v) is 21.6. The maximum absolute atomic E-state index is 14.4. The molecule has 6 nitrogen and oxygen atoms in total. The number of aliphatic hydroxyl groups excluding tert-OH is 2. The Morgan fingerprint density at radius 1 is 1.22 bits per heavy atom. The van der Waals surface area contributed by atoms with Crippen LogP contribution in [0.25, 0.3) is 5.57 Å². The number of fused-ring (bicyclic) bond motifs is 3. The van der Waals surface area contributed by atoms with Crippen molar-refractivity contribution in [2.24, 2.45) is 34.5 Å². The van der Waals surface area contributed by atoms with Crippen molar-refractivity contribution in [2.45, 2.75) is 58.8 Å². The molecule has 0 heterocycles. The molecule has 36 heavy (non-hydrogen) atoms. The van der Waals surface area contributed by atoms with Gasteiger partial charge in [-0.05, 0) is 60.1 Å². The van der Waals surface area contributed by atoms with E-state index in [2.05, 4.69) is 13.8 Å². The van der Waals surface area contributed by atoms with E-state index < -0.39 is 41.7 Å². The van der Waals surface area contributed by atoms with Gasteiger partial charge in [-0.3, -0.25) is 4.79 Å². The van der Waals surface area contributed by atoms with Crippen LogP contribution in [0.15, 0.2) is 59.7 Å². The molecule has 2 saturated carbocycles. The van der Waals surface area contributed by atoms with E-state index in [9.17, 15) is 24.9 Å². The molecule has 6 heteroatoms. The maximum Gasteiger partial charge on any atom is 0.339 e. The van der Waals surface area contributed by atoms with Gasteiger partial charge in [-0.2, -0.15) is 0 Å². The summed E-state index contributed by atoms with van der Waals surface area (Å²) in [6.07, 6.45) is 2.97. The van der Waals surface area contributed by atoms with Gasteiger partial charge in [-0.15, -0.1) is 0 Å². The van der Waals surface area contributed by atoms with Crippen molar-refractivity contribution in [3.05, 3.63) is 65.3 Å². The number of allylic oxidation sites excluding steroid dienone is 2. The summed E-state index contributed by atoms with van der Waals surface area (Å²) in [5, 5.41) is 34.3. The average molecular weight is 493 g/mol. The Balaban J connectivity index is 1.61. The molecule has 2 fully saturated rings. The molecule has 8 atom stereocenters. The Hall–Kier alpha value is -2.54. The van der Waals surface area contributed by atoms with Crippen molar-refractivity contribution in [3.8, 4) is 0 Å². The average Bonchev–Trinajstić information content (AvgIpc) is 3.34. The van der Waals surface area contributed by atoms with Crippen molar-refractivity contribution < 1.29 is 29.6 Å². The zero-order valence-electron chi connectivity index (χ0n) is 21.6. The molecule has 1 aromatic rings. The van der Waals surface area contributed by atoms with Gasteiger partial charge in [0.2, 0.25) is 0 Å². The third-order valence-corrected chi connectivity index (χ3v) is 9.72. The molecule has 1 aromatic carbocycles. The molecule has 1 spiro atoms. The SMILES string of the molecule is CC=C(C(=O)O[C@H]1C(C)=C[C@]23C(=O)[C@@H](C=C(CO)[C@@H](O)[C@]12O)[C@H]1[C@@H](C[C@H]3C)C1(C)C)c1ccccc1. The van der Waals surface area contributed by atoms with Gasteiger partial charge < -0.3 is 20.1 Å². The minimum Gasteiger partial charge on any atom is -0.451 e. The maximum atomic E-state index is 14.4. The third kappa shape index (κ3) is 3.07. The van der Waals surface area contributed by atoms with E-state index in [0.717, 1.165) is 0 Å². The van der Waals surface area contributed by atoms with Gasteiger partial charge >= 0.3 is 5.97 Å². The number of hydrogen-bond acceptors (Lipinski definition) is 6. The highest BCUT2D eigenvalue weighted by molar-refractivity contribution is 6.16. The van der Waals surface area contributed by atoms with Crippen molar-refractivity contribution in [1.82, 2.24) is 0 Å². The van der Waals surface area contributed by atoms with Crippen molar-refractivity contribution >= 4 is 17.3 Å². The third-order valence-electron chi connectivity index (χ3n) is 9.72. The predicted molar refractivity (Wildman–Crippen MR) is 135 cm³/mol. The van der Waals surface area contributed by atoms with Gasteiger partial charge in [-0.1, -0.05) is 69.3 Å². The van der Waals surface area contributed by atoms with E-state index in [1.54, 1.807) is 44.2 Å². The van der Waals surface area contributed by atoms with Crippen LogP contribution in [0.2, 0.25) is 0 Å². The molecule has 4 aliphatic carbocycles. The largest absolute Gasteiger partial charge is 0.451 e. The molecule has 3 N–H and O–H groups in total. The first-order valence-corrected chi connectivity index (χ1v) is 12.8. The van der Waals surface area contributed by atoms with Gasteiger partial charge in [0.1, 0.15) is 6.10 Å². The Labute approximate surface area is 212 Å². The molecule has 4 aliphatic rings. The summed E-state index contributed by atoms with van der Waals surface area (Å²) in [7, 11) is 0. The number of benzene rings is 1. The molecule has 0 aliphatic heterocycles. The van der Waals surface area contributed by atoms with Crippen LogP contribution in [0.3, 0.4) is 0 Å². The van der Waals surface area contributed by atoms with E-state index in [1.165, 1.54) is 0 Å². The van der Waals surface area contributed by atoms with Gasteiger partial charge in [0, 0.05) is 5.92 Å². The number of aliphatic hydroxyl groups is 3. The summed E-state index contributed by atoms with van der Waals surface area (Å²) in [6.45, 7) is 9.23. The molecule has 0 saturated heterocycles. The first-order chi connectivity index (χ1) is 17.0. The van der Waals surface area contributed by atoms with Crippen molar-refractivity contribution in [1.29, 1.82) is 0 Å². The molecule has 192 valence electrons. The molecule has 0 amide bonds. The van der Waals surface area contributed by atoms with Gasteiger partial charge in [-0.25, -0.2) is 4.79 Å². The first-order valence-electron chi connectivity index (χ1n) is 12.8. The van der Waals surface area contributed by atoms with Crippen molar-refractivity contribution in [3.63, 3.8) is 0 Å². The van der Waals surface area contributed by atoms with Crippen LogP contribution in [0, 0.1) is 34.5 Å². The topological polar surface area (TPSA) is 104 Å². The van der Waals surface area contributed by atoms with E-state index in [4.69, 9.17) is 4.74 Å². The lowest BCUT2D eigenvalue weighted by molar-refractivity contribution is -0.200. The van der Waals surface area contributed by atoms with Crippen LogP contribution in [0.4, 0.5) is 0 Å². The minimum atomic E-state index is -2.14. The number of Topliss-reactive ketones (excluding diaryl/α,β-unsaturated/α-hetero) is 1.